The first-order valence-corrected chi connectivity index (χ1v) is 9.52. The van der Waals surface area contributed by atoms with Gasteiger partial charge < -0.3 is 24.4 Å². The van der Waals surface area contributed by atoms with Crippen molar-refractivity contribution in [2.24, 2.45) is 0 Å². The molecule has 1 saturated heterocycles. The second kappa shape index (κ2) is 8.75. The normalized spacial score (nSPS) is 13.9. The molecule has 1 aliphatic heterocycles. The molecular formula is C19H20N2O6S. The number of hydrogen-bond donors (Lipinski definition) is 1. The molecule has 8 nitrogen and oxygen atoms in total. The summed E-state index contributed by atoms with van der Waals surface area (Å²) in [6, 6.07) is 7.78. The Hall–Kier alpha value is -3.07. The highest BCUT2D eigenvalue weighted by molar-refractivity contribution is 7.12. The molecule has 1 aromatic carbocycles. The van der Waals surface area contributed by atoms with Crippen molar-refractivity contribution in [1.82, 2.24) is 9.80 Å². The van der Waals surface area contributed by atoms with Crippen LogP contribution in [0.1, 0.15) is 20.0 Å². The van der Waals surface area contributed by atoms with Gasteiger partial charge in [-0.05, 0) is 23.6 Å². The van der Waals surface area contributed by atoms with Crippen LogP contribution in [0.15, 0.2) is 35.7 Å². The first-order chi connectivity index (χ1) is 13.5. The fraction of sp³-hybridized carbons (Fsp3) is 0.316. The van der Waals surface area contributed by atoms with E-state index in [0.717, 1.165) is 0 Å². The first kappa shape index (κ1) is 19.7. The van der Waals surface area contributed by atoms with E-state index in [9.17, 15) is 19.5 Å². The Balaban J connectivity index is 1.48. The van der Waals surface area contributed by atoms with Crippen molar-refractivity contribution in [3.8, 4) is 11.5 Å². The highest BCUT2D eigenvalue weighted by Gasteiger charge is 2.26. The number of amides is 2. The number of carbonyl (C=O) groups is 3. The van der Waals surface area contributed by atoms with Crippen molar-refractivity contribution in [2.75, 3.05) is 39.9 Å². The Bertz CT molecular complexity index is 859. The van der Waals surface area contributed by atoms with E-state index in [0.29, 0.717) is 36.8 Å². The van der Waals surface area contributed by atoms with Gasteiger partial charge in [0.2, 0.25) is 0 Å². The second-order valence-corrected chi connectivity index (χ2v) is 7.06. The summed E-state index contributed by atoms with van der Waals surface area (Å²) in [5.41, 5.74) is -0.0417. The number of nitrogens with zero attached hydrogens (tertiary/aromatic N) is 2. The molecule has 148 valence electrons. The van der Waals surface area contributed by atoms with Gasteiger partial charge in [0, 0.05) is 32.2 Å². The molecule has 0 bridgehead atoms. The quantitative estimate of drug-likeness (QED) is 0.761. The lowest BCUT2D eigenvalue weighted by atomic mass is 10.2. The molecule has 1 aromatic heterocycles. The van der Waals surface area contributed by atoms with E-state index in [2.05, 4.69) is 0 Å². The molecule has 0 atom stereocenters. The van der Waals surface area contributed by atoms with Gasteiger partial charge in [-0.1, -0.05) is 6.07 Å². The summed E-state index contributed by atoms with van der Waals surface area (Å²) in [7, 11) is 1.44. The van der Waals surface area contributed by atoms with Gasteiger partial charge in [-0.2, -0.15) is 0 Å². The van der Waals surface area contributed by atoms with Crippen LogP contribution in [0, 0.1) is 0 Å². The molecule has 9 heteroatoms. The smallest absolute Gasteiger partial charge is 0.342 e. The maximum absolute atomic E-state index is 12.3. The van der Waals surface area contributed by atoms with Gasteiger partial charge >= 0.3 is 5.97 Å². The Labute approximate surface area is 165 Å². The number of methoxy groups -OCH3 is 1. The van der Waals surface area contributed by atoms with Gasteiger partial charge in [0.25, 0.3) is 11.8 Å². The third-order valence-electron chi connectivity index (χ3n) is 4.40. The molecule has 1 aliphatic rings. The predicted molar refractivity (Wildman–Crippen MR) is 102 cm³/mol. The van der Waals surface area contributed by atoms with E-state index in [-0.39, 0.29) is 23.1 Å². The third-order valence-corrected chi connectivity index (χ3v) is 5.26. The lowest BCUT2D eigenvalue weighted by molar-refractivity contribution is -0.136. The number of rotatable bonds is 5. The van der Waals surface area contributed by atoms with Crippen molar-refractivity contribution >= 4 is 29.1 Å². The molecule has 2 heterocycles. The van der Waals surface area contributed by atoms with Gasteiger partial charge in [0.1, 0.15) is 17.1 Å². The summed E-state index contributed by atoms with van der Waals surface area (Å²) in [4.78, 5) is 40.6. The minimum Gasteiger partial charge on any atom is -0.507 e. The number of esters is 1. The van der Waals surface area contributed by atoms with E-state index in [1.807, 2.05) is 11.4 Å². The molecule has 0 spiro atoms. The van der Waals surface area contributed by atoms with Crippen LogP contribution >= 0.6 is 11.3 Å². The molecule has 2 amide bonds. The average molecular weight is 404 g/mol. The Morgan fingerprint density at radius 2 is 1.82 bits per heavy atom. The molecule has 0 aliphatic carbocycles. The molecule has 2 aromatic rings. The second-order valence-electron chi connectivity index (χ2n) is 6.11. The van der Waals surface area contributed by atoms with Crippen LogP contribution in [-0.4, -0.2) is 72.6 Å². The average Bonchev–Trinajstić information content (AvgIpc) is 3.26. The minimum absolute atomic E-state index is 0.0384. The highest BCUT2D eigenvalue weighted by Crippen LogP contribution is 2.24. The van der Waals surface area contributed by atoms with Crippen molar-refractivity contribution in [1.29, 1.82) is 0 Å². The van der Waals surface area contributed by atoms with Crippen LogP contribution < -0.4 is 4.74 Å². The maximum atomic E-state index is 12.3. The number of piperazine rings is 1. The maximum Gasteiger partial charge on any atom is 0.342 e. The summed E-state index contributed by atoms with van der Waals surface area (Å²) in [6.07, 6.45) is 0. The molecule has 0 saturated carbocycles. The Kier molecular flexibility index (Phi) is 6.15. The molecule has 1 N–H and O–H groups in total. The molecule has 28 heavy (non-hydrogen) atoms. The molecule has 0 radical (unpaired) electrons. The number of thiophene rings is 1. The summed E-state index contributed by atoms with van der Waals surface area (Å²) in [6.45, 7) is 1.18. The number of carbonyl (C=O) groups excluding carboxylic acids is 3. The van der Waals surface area contributed by atoms with Crippen LogP contribution in [-0.2, 0) is 9.53 Å². The predicted octanol–water partition coefficient (Wildman–Crippen LogP) is 1.60. The zero-order valence-corrected chi connectivity index (χ0v) is 16.1. The van der Waals surface area contributed by atoms with E-state index in [1.54, 1.807) is 15.9 Å². The molecular weight excluding hydrogens is 384 g/mol. The highest BCUT2D eigenvalue weighted by atomic mass is 32.1. The standard InChI is InChI=1S/C19H20N2O6S/c1-26-13-4-5-14(15(22)11-13)19(25)27-12-17(23)20-6-8-21(9-7-20)18(24)16-3-2-10-28-16/h2-5,10-11,22H,6-9,12H2,1H3. The summed E-state index contributed by atoms with van der Waals surface area (Å²) in [5.74, 6) is -1.05. The van der Waals surface area contributed by atoms with Crippen molar-refractivity contribution < 1.29 is 29.0 Å². The topological polar surface area (TPSA) is 96.4 Å². The van der Waals surface area contributed by atoms with E-state index in [1.165, 1.54) is 36.6 Å². The van der Waals surface area contributed by atoms with E-state index < -0.39 is 12.6 Å². The minimum atomic E-state index is -0.792. The van der Waals surface area contributed by atoms with Gasteiger partial charge in [0.05, 0.1) is 12.0 Å². The van der Waals surface area contributed by atoms with Crippen molar-refractivity contribution in [2.45, 2.75) is 0 Å². The zero-order chi connectivity index (χ0) is 20.1. The summed E-state index contributed by atoms with van der Waals surface area (Å²) < 4.78 is 9.98. The number of hydrogen-bond acceptors (Lipinski definition) is 7. The number of benzene rings is 1. The zero-order valence-electron chi connectivity index (χ0n) is 15.3. The van der Waals surface area contributed by atoms with E-state index >= 15 is 0 Å². The third kappa shape index (κ3) is 4.42. The van der Waals surface area contributed by atoms with Crippen LogP contribution in [0.3, 0.4) is 0 Å². The summed E-state index contributed by atoms with van der Waals surface area (Å²) >= 11 is 1.39. The first-order valence-electron chi connectivity index (χ1n) is 8.64. The van der Waals surface area contributed by atoms with Crippen molar-refractivity contribution in [3.63, 3.8) is 0 Å². The molecule has 1 fully saturated rings. The molecule has 0 unspecified atom stereocenters. The largest absolute Gasteiger partial charge is 0.507 e. The van der Waals surface area contributed by atoms with Gasteiger partial charge in [-0.25, -0.2) is 4.79 Å². The fourth-order valence-corrected chi connectivity index (χ4v) is 3.51. The van der Waals surface area contributed by atoms with Crippen LogP contribution in [0.4, 0.5) is 0 Å². The van der Waals surface area contributed by atoms with Crippen molar-refractivity contribution in [3.05, 3.63) is 46.2 Å². The van der Waals surface area contributed by atoms with Crippen LogP contribution in [0.2, 0.25) is 0 Å². The van der Waals surface area contributed by atoms with Crippen LogP contribution in [0.5, 0.6) is 11.5 Å². The van der Waals surface area contributed by atoms with Gasteiger partial charge in [-0.15, -0.1) is 11.3 Å². The summed E-state index contributed by atoms with van der Waals surface area (Å²) in [5, 5.41) is 11.7. The van der Waals surface area contributed by atoms with Crippen LogP contribution in [0.25, 0.3) is 0 Å². The fourth-order valence-electron chi connectivity index (χ4n) is 2.82. The lowest BCUT2D eigenvalue weighted by Gasteiger charge is -2.34. The Morgan fingerprint density at radius 3 is 2.43 bits per heavy atom. The SMILES string of the molecule is COc1ccc(C(=O)OCC(=O)N2CCN(C(=O)c3cccs3)CC2)c(O)c1. The number of aromatic hydroxyl groups is 1. The van der Waals surface area contributed by atoms with Gasteiger partial charge in [-0.3, -0.25) is 9.59 Å². The van der Waals surface area contributed by atoms with E-state index in [4.69, 9.17) is 9.47 Å². The Morgan fingerprint density at radius 1 is 1.11 bits per heavy atom. The number of ether oxygens (including phenoxy) is 2. The molecule has 3 rings (SSSR count). The lowest BCUT2D eigenvalue weighted by Crippen LogP contribution is -2.51. The number of phenolic OH excluding ortho intramolecular Hbond substituents is 1. The number of phenols is 1. The monoisotopic (exact) mass is 404 g/mol. The van der Waals surface area contributed by atoms with Gasteiger partial charge in [0.15, 0.2) is 6.61 Å².